The highest BCUT2D eigenvalue weighted by Gasteiger charge is 2.12. The number of imidazole rings is 1. The first-order valence-electron chi connectivity index (χ1n) is 7.77. The molecule has 3 aromatic rings. The van der Waals surface area contributed by atoms with Gasteiger partial charge >= 0.3 is 0 Å². The van der Waals surface area contributed by atoms with E-state index < -0.39 is 0 Å². The molecule has 1 N–H and O–H groups in total. The summed E-state index contributed by atoms with van der Waals surface area (Å²) < 4.78 is 7.26. The number of morpholine rings is 1. The quantitative estimate of drug-likeness (QED) is 0.782. The molecule has 8 heteroatoms. The zero-order valence-electron chi connectivity index (χ0n) is 13.0. The van der Waals surface area contributed by atoms with E-state index in [2.05, 4.69) is 20.2 Å². The molecule has 4 heterocycles. The van der Waals surface area contributed by atoms with Gasteiger partial charge in [0.15, 0.2) is 4.96 Å². The van der Waals surface area contributed by atoms with Crippen LogP contribution in [0.3, 0.4) is 0 Å². The predicted molar refractivity (Wildman–Crippen MR) is 92.7 cm³/mol. The van der Waals surface area contributed by atoms with Gasteiger partial charge in [-0.3, -0.25) is 9.20 Å². The highest BCUT2D eigenvalue weighted by Crippen LogP contribution is 2.17. The van der Waals surface area contributed by atoms with Gasteiger partial charge in [0.2, 0.25) is 5.91 Å². The van der Waals surface area contributed by atoms with Crippen molar-refractivity contribution in [2.24, 2.45) is 0 Å². The Kier molecular flexibility index (Phi) is 4.14. The van der Waals surface area contributed by atoms with Crippen LogP contribution in [0.2, 0.25) is 0 Å². The maximum Gasteiger partial charge on any atom is 0.231 e. The smallest absolute Gasteiger partial charge is 0.231 e. The van der Waals surface area contributed by atoms with E-state index in [1.54, 1.807) is 17.5 Å². The minimum atomic E-state index is -0.118. The Bertz CT molecular complexity index is 807. The van der Waals surface area contributed by atoms with Crippen LogP contribution in [0.1, 0.15) is 5.69 Å². The largest absolute Gasteiger partial charge is 0.378 e. The van der Waals surface area contributed by atoms with Crippen molar-refractivity contribution in [1.82, 2.24) is 14.4 Å². The van der Waals surface area contributed by atoms with Crippen molar-refractivity contribution in [3.8, 4) is 0 Å². The van der Waals surface area contributed by atoms with Gasteiger partial charge in [0.1, 0.15) is 5.82 Å². The Balaban J connectivity index is 1.37. The molecule has 0 saturated carbocycles. The lowest BCUT2D eigenvalue weighted by Gasteiger charge is -2.28. The number of thiazole rings is 1. The maximum absolute atomic E-state index is 12.1. The molecule has 1 fully saturated rings. The molecule has 4 rings (SSSR count). The van der Waals surface area contributed by atoms with Gasteiger partial charge < -0.3 is 15.0 Å². The molecule has 1 aliphatic heterocycles. The molecule has 3 aromatic heterocycles. The fourth-order valence-corrected chi connectivity index (χ4v) is 3.40. The molecule has 24 heavy (non-hydrogen) atoms. The minimum absolute atomic E-state index is 0.118. The van der Waals surface area contributed by atoms with Crippen LogP contribution in [-0.4, -0.2) is 46.6 Å². The number of hydrogen-bond donors (Lipinski definition) is 1. The van der Waals surface area contributed by atoms with E-state index in [-0.39, 0.29) is 12.3 Å². The van der Waals surface area contributed by atoms with Crippen molar-refractivity contribution < 1.29 is 9.53 Å². The summed E-state index contributed by atoms with van der Waals surface area (Å²) in [7, 11) is 0. The van der Waals surface area contributed by atoms with Crippen LogP contribution in [0.15, 0.2) is 36.1 Å². The Hall–Kier alpha value is -2.45. The van der Waals surface area contributed by atoms with Gasteiger partial charge in [-0.15, -0.1) is 11.3 Å². The highest BCUT2D eigenvalue weighted by molar-refractivity contribution is 7.15. The summed E-state index contributed by atoms with van der Waals surface area (Å²) >= 11 is 1.55. The molecule has 1 amide bonds. The van der Waals surface area contributed by atoms with Crippen LogP contribution in [0, 0.1) is 0 Å². The van der Waals surface area contributed by atoms with Crippen molar-refractivity contribution in [2.45, 2.75) is 6.42 Å². The van der Waals surface area contributed by atoms with Crippen molar-refractivity contribution in [2.75, 3.05) is 36.5 Å². The summed E-state index contributed by atoms with van der Waals surface area (Å²) in [6.07, 6.45) is 5.83. The molecule has 1 aliphatic rings. The first-order chi connectivity index (χ1) is 11.8. The maximum atomic E-state index is 12.1. The number of amides is 1. The molecular weight excluding hydrogens is 326 g/mol. The second-order valence-electron chi connectivity index (χ2n) is 5.55. The van der Waals surface area contributed by atoms with Crippen molar-refractivity contribution in [1.29, 1.82) is 0 Å². The van der Waals surface area contributed by atoms with Crippen LogP contribution in [0.25, 0.3) is 4.96 Å². The number of hydrogen-bond acceptors (Lipinski definition) is 6. The number of nitrogens with zero attached hydrogens (tertiary/aromatic N) is 4. The monoisotopic (exact) mass is 343 g/mol. The number of nitrogens with one attached hydrogen (secondary N) is 1. The molecule has 0 aliphatic carbocycles. The fourth-order valence-electron chi connectivity index (χ4n) is 2.68. The zero-order chi connectivity index (χ0) is 16.4. The fraction of sp³-hybridized carbons (Fsp3) is 0.312. The Labute approximate surface area is 142 Å². The van der Waals surface area contributed by atoms with Crippen LogP contribution in [0.5, 0.6) is 0 Å². The summed E-state index contributed by atoms with van der Waals surface area (Å²) in [6, 6.07) is 3.80. The third-order valence-electron chi connectivity index (χ3n) is 3.88. The number of aromatic nitrogens is 3. The predicted octanol–water partition coefficient (Wildman–Crippen LogP) is 1.81. The van der Waals surface area contributed by atoms with Gasteiger partial charge in [0.25, 0.3) is 0 Å². The molecule has 0 spiro atoms. The second kappa shape index (κ2) is 6.58. The van der Waals surface area contributed by atoms with Crippen LogP contribution in [0.4, 0.5) is 11.5 Å². The average Bonchev–Trinajstić information content (AvgIpc) is 3.17. The first-order valence-corrected chi connectivity index (χ1v) is 8.65. The number of anilines is 2. The minimum Gasteiger partial charge on any atom is -0.378 e. The third kappa shape index (κ3) is 3.24. The van der Waals surface area contributed by atoms with Gasteiger partial charge in [-0.2, -0.15) is 0 Å². The molecule has 124 valence electrons. The van der Waals surface area contributed by atoms with Crippen LogP contribution in [-0.2, 0) is 16.0 Å². The van der Waals surface area contributed by atoms with E-state index in [0.29, 0.717) is 5.82 Å². The van der Waals surface area contributed by atoms with Crippen molar-refractivity contribution >= 4 is 33.7 Å². The Morgan fingerprint density at radius 3 is 2.96 bits per heavy atom. The second-order valence-corrected chi connectivity index (χ2v) is 6.42. The van der Waals surface area contributed by atoms with Gasteiger partial charge in [0.05, 0.1) is 37.2 Å². The van der Waals surface area contributed by atoms with Crippen molar-refractivity contribution in [3.05, 3.63) is 41.8 Å². The SMILES string of the molecule is O=C(Cc1cn2ccsc2n1)Nc1ccc(N2CCOCC2)cn1. The lowest BCUT2D eigenvalue weighted by atomic mass is 10.3. The van der Waals surface area contributed by atoms with E-state index in [4.69, 9.17) is 4.74 Å². The number of rotatable bonds is 4. The molecule has 0 aromatic carbocycles. The summed E-state index contributed by atoms with van der Waals surface area (Å²) in [5.41, 5.74) is 1.80. The normalized spacial score (nSPS) is 14.9. The number of fused-ring (bicyclic) bond motifs is 1. The average molecular weight is 343 g/mol. The highest BCUT2D eigenvalue weighted by atomic mass is 32.1. The Morgan fingerprint density at radius 1 is 1.33 bits per heavy atom. The number of carbonyl (C=O) groups excluding carboxylic acids is 1. The summed E-state index contributed by atoms with van der Waals surface area (Å²) in [5.74, 6) is 0.436. The zero-order valence-corrected chi connectivity index (χ0v) is 13.8. The van der Waals surface area contributed by atoms with E-state index in [1.165, 1.54) is 0 Å². The van der Waals surface area contributed by atoms with E-state index in [9.17, 15) is 4.79 Å². The lowest BCUT2D eigenvalue weighted by Crippen LogP contribution is -2.36. The number of carbonyl (C=O) groups is 1. The topological polar surface area (TPSA) is 71.8 Å². The van der Waals surface area contributed by atoms with Gasteiger partial charge in [-0.05, 0) is 12.1 Å². The number of ether oxygens (including phenoxy) is 1. The lowest BCUT2D eigenvalue weighted by molar-refractivity contribution is -0.115. The van der Waals surface area contributed by atoms with Gasteiger partial charge in [-0.1, -0.05) is 0 Å². The molecule has 0 unspecified atom stereocenters. The van der Waals surface area contributed by atoms with E-state index in [1.807, 2.05) is 34.3 Å². The van der Waals surface area contributed by atoms with Crippen LogP contribution < -0.4 is 10.2 Å². The van der Waals surface area contributed by atoms with E-state index >= 15 is 0 Å². The molecular formula is C16H17N5O2S. The third-order valence-corrected chi connectivity index (χ3v) is 4.65. The molecule has 0 atom stereocenters. The molecule has 1 saturated heterocycles. The van der Waals surface area contributed by atoms with Gasteiger partial charge in [0, 0.05) is 30.9 Å². The van der Waals surface area contributed by atoms with Crippen LogP contribution >= 0.6 is 11.3 Å². The standard InChI is InChI=1S/C16H17N5O2S/c22-15(9-12-11-21-5-8-24-16(21)18-12)19-14-2-1-13(10-17-14)20-3-6-23-7-4-20/h1-2,5,8,10-11H,3-4,6-7,9H2,(H,17,19,22). The summed E-state index contributed by atoms with van der Waals surface area (Å²) in [5, 5.41) is 4.78. The number of pyridine rings is 1. The first kappa shape index (κ1) is 15.1. The molecule has 0 radical (unpaired) electrons. The summed E-state index contributed by atoms with van der Waals surface area (Å²) in [4.78, 5) is 24.0. The van der Waals surface area contributed by atoms with E-state index in [0.717, 1.165) is 42.6 Å². The van der Waals surface area contributed by atoms with Crippen molar-refractivity contribution in [3.63, 3.8) is 0 Å². The molecule has 0 bridgehead atoms. The Morgan fingerprint density at radius 2 is 2.21 bits per heavy atom. The van der Waals surface area contributed by atoms with Gasteiger partial charge in [-0.25, -0.2) is 9.97 Å². The summed E-state index contributed by atoms with van der Waals surface area (Å²) in [6.45, 7) is 3.21. The molecule has 7 nitrogen and oxygen atoms in total.